The zero-order valence-corrected chi connectivity index (χ0v) is 7.71. The third-order valence-electron chi connectivity index (χ3n) is 1.13. The summed E-state index contributed by atoms with van der Waals surface area (Å²) in [7, 11) is 0. The first kappa shape index (κ1) is 9.63. The van der Waals surface area contributed by atoms with Crippen LogP contribution in [0.15, 0.2) is 5.10 Å². The lowest BCUT2D eigenvalue weighted by atomic mass is 10.7. The number of hydrogen-bond acceptors (Lipinski definition) is 5. The molecule has 1 unspecified atom stereocenters. The van der Waals surface area contributed by atoms with E-state index in [2.05, 4.69) is 10.5 Å². The first-order valence-electron chi connectivity index (χ1n) is 2.70. The Labute approximate surface area is 82.2 Å². The monoisotopic (exact) mass is 232 g/mol. The van der Waals surface area contributed by atoms with Crippen LogP contribution in [0, 0.1) is 10.1 Å². The summed E-state index contributed by atoms with van der Waals surface area (Å²) in [5, 5.41) is 13.7. The Balaban J connectivity index is 2.76. The number of hydrogen-bond donors (Lipinski definition) is 1. The first-order chi connectivity index (χ1) is 5.43. The highest BCUT2D eigenvalue weighted by Crippen LogP contribution is 2.32. The van der Waals surface area contributed by atoms with Gasteiger partial charge in [-0.1, -0.05) is 34.8 Å². The van der Waals surface area contributed by atoms with Crippen molar-refractivity contribution < 1.29 is 4.92 Å². The highest BCUT2D eigenvalue weighted by Gasteiger charge is 2.42. The fraction of sp³-hybridized carbons (Fsp3) is 0.667. The third-order valence-corrected chi connectivity index (χ3v) is 1.71. The Kier molecular flexibility index (Phi) is 2.50. The van der Waals surface area contributed by atoms with Gasteiger partial charge in [0.1, 0.15) is 6.34 Å². The lowest BCUT2D eigenvalue weighted by molar-refractivity contribution is -0.549. The van der Waals surface area contributed by atoms with E-state index in [1.807, 2.05) is 0 Å². The molecule has 0 bridgehead atoms. The number of rotatable bonds is 1. The Bertz CT molecular complexity index is 226. The van der Waals surface area contributed by atoms with Crippen LogP contribution in [0.2, 0.25) is 0 Å². The molecule has 0 amide bonds. The summed E-state index contributed by atoms with van der Waals surface area (Å²) in [4.78, 5) is 10.5. The Morgan fingerprint density at radius 3 is 2.58 bits per heavy atom. The number of halogens is 3. The molecule has 0 aliphatic carbocycles. The summed E-state index contributed by atoms with van der Waals surface area (Å²) in [6.45, 7) is 0. The molecule has 0 aromatic carbocycles. The molecule has 0 aromatic rings. The molecule has 1 aliphatic rings. The van der Waals surface area contributed by atoms with Crippen molar-refractivity contribution in [1.82, 2.24) is 10.3 Å². The summed E-state index contributed by atoms with van der Waals surface area (Å²) >= 11 is 16.2. The maximum Gasteiger partial charge on any atom is 0.384 e. The van der Waals surface area contributed by atoms with E-state index in [1.165, 1.54) is 0 Å². The zero-order chi connectivity index (χ0) is 9.35. The number of nitrogens with one attached hydrogen (secondary N) is 1. The zero-order valence-electron chi connectivity index (χ0n) is 5.45. The van der Waals surface area contributed by atoms with E-state index in [4.69, 9.17) is 34.8 Å². The van der Waals surface area contributed by atoms with Gasteiger partial charge in [0.25, 0.3) is 3.92 Å². The van der Waals surface area contributed by atoms with E-state index in [1.54, 1.807) is 0 Å². The van der Waals surface area contributed by atoms with Gasteiger partial charge in [0.2, 0.25) is 0 Å². The predicted octanol–water partition coefficient (Wildman–Crippen LogP) is 0.723. The minimum atomic E-state index is -1.87. The van der Waals surface area contributed by atoms with Crippen molar-refractivity contribution in [1.29, 1.82) is 0 Å². The fourth-order valence-corrected chi connectivity index (χ4v) is 1.05. The van der Waals surface area contributed by atoms with Gasteiger partial charge in [0.15, 0.2) is 0 Å². The second-order valence-electron chi connectivity index (χ2n) is 1.91. The number of alkyl halides is 3. The van der Waals surface area contributed by atoms with E-state index in [0.29, 0.717) is 0 Å². The van der Waals surface area contributed by atoms with Crippen molar-refractivity contribution in [3.63, 3.8) is 0 Å². The molecule has 0 spiro atoms. The van der Waals surface area contributed by atoms with Gasteiger partial charge in [0, 0.05) is 0 Å². The van der Waals surface area contributed by atoms with Gasteiger partial charge < -0.3 is 0 Å². The molecule has 68 valence electrons. The summed E-state index contributed by atoms with van der Waals surface area (Å²) in [5.41, 5.74) is 2.16. The van der Waals surface area contributed by atoms with Crippen molar-refractivity contribution >= 4 is 41.1 Å². The molecule has 6 nitrogen and oxygen atoms in total. The van der Waals surface area contributed by atoms with Crippen LogP contribution in [-0.2, 0) is 0 Å². The van der Waals surface area contributed by atoms with Crippen molar-refractivity contribution in [2.45, 2.75) is 10.2 Å². The van der Waals surface area contributed by atoms with E-state index >= 15 is 0 Å². The van der Waals surface area contributed by atoms with Crippen LogP contribution in [0.5, 0.6) is 0 Å². The molecule has 1 N–H and O–H groups in total. The molecule has 1 heterocycles. The quantitative estimate of drug-likeness (QED) is 0.314. The van der Waals surface area contributed by atoms with Gasteiger partial charge in [-0.15, -0.1) is 0 Å². The maximum atomic E-state index is 10.3. The molecule has 0 aromatic heterocycles. The Morgan fingerprint density at radius 2 is 2.25 bits per heavy atom. The molecule has 1 aliphatic heterocycles. The van der Waals surface area contributed by atoms with Crippen molar-refractivity contribution in [2.24, 2.45) is 5.10 Å². The van der Waals surface area contributed by atoms with Crippen molar-refractivity contribution in [3.05, 3.63) is 10.1 Å². The molecule has 1 atom stereocenters. The lowest BCUT2D eigenvalue weighted by Gasteiger charge is -2.23. The van der Waals surface area contributed by atoms with E-state index in [-0.39, 0.29) is 0 Å². The highest BCUT2D eigenvalue weighted by molar-refractivity contribution is 6.67. The average Bonchev–Trinajstić information content (AvgIpc) is 2.30. The van der Waals surface area contributed by atoms with Crippen LogP contribution in [0.1, 0.15) is 0 Å². The Morgan fingerprint density at radius 1 is 1.67 bits per heavy atom. The smallest absolute Gasteiger partial charge is 0.261 e. The highest BCUT2D eigenvalue weighted by atomic mass is 35.6. The number of nitro groups is 1. The SMILES string of the molecule is O=[N+]([O-])C1NN=CN1C(Cl)(Cl)Cl. The molecular weight excluding hydrogens is 230 g/mol. The summed E-state index contributed by atoms with van der Waals surface area (Å²) in [6.07, 6.45) is -0.266. The molecule has 12 heavy (non-hydrogen) atoms. The number of nitrogens with zero attached hydrogens (tertiary/aromatic N) is 3. The van der Waals surface area contributed by atoms with Crippen molar-refractivity contribution in [2.75, 3.05) is 0 Å². The van der Waals surface area contributed by atoms with E-state index in [0.717, 1.165) is 11.2 Å². The van der Waals surface area contributed by atoms with Crippen LogP contribution in [-0.4, -0.2) is 26.4 Å². The minimum Gasteiger partial charge on any atom is -0.261 e. The standard InChI is InChI=1S/C3H3Cl3N4O2/c4-3(5,6)9-1-7-8-2(9)10(11)12/h1-2,8H. The fourth-order valence-electron chi connectivity index (χ4n) is 0.640. The normalized spacial score (nSPS) is 22.6. The molecule has 9 heteroatoms. The van der Waals surface area contributed by atoms with Gasteiger partial charge in [-0.25, -0.2) is 10.3 Å². The third kappa shape index (κ3) is 1.82. The van der Waals surface area contributed by atoms with Gasteiger partial charge in [-0.05, 0) is 0 Å². The van der Waals surface area contributed by atoms with Crippen LogP contribution in [0.4, 0.5) is 0 Å². The topological polar surface area (TPSA) is 70.8 Å². The number of hydrazone groups is 1. The van der Waals surface area contributed by atoms with Crippen LogP contribution in [0.25, 0.3) is 0 Å². The summed E-state index contributed by atoms with van der Waals surface area (Å²) in [5.74, 6) is 0. The molecule has 0 fully saturated rings. The average molecular weight is 233 g/mol. The second kappa shape index (κ2) is 3.12. The first-order valence-corrected chi connectivity index (χ1v) is 3.83. The van der Waals surface area contributed by atoms with Gasteiger partial charge in [0.05, 0.1) is 4.92 Å². The maximum absolute atomic E-state index is 10.3. The molecule has 0 saturated heterocycles. The summed E-state index contributed by atoms with van der Waals surface area (Å²) in [6, 6.07) is 0. The van der Waals surface area contributed by atoms with Gasteiger partial charge in [-0.2, -0.15) is 5.10 Å². The minimum absolute atomic E-state index is 0.658. The Hall–Kier alpha value is -0.460. The largest absolute Gasteiger partial charge is 0.384 e. The molecule has 0 saturated carbocycles. The van der Waals surface area contributed by atoms with Crippen LogP contribution >= 0.6 is 34.8 Å². The van der Waals surface area contributed by atoms with Crippen LogP contribution < -0.4 is 5.43 Å². The lowest BCUT2D eigenvalue weighted by Crippen LogP contribution is -2.48. The van der Waals surface area contributed by atoms with Gasteiger partial charge in [-0.3, -0.25) is 10.1 Å². The predicted molar refractivity (Wildman–Crippen MR) is 44.5 cm³/mol. The van der Waals surface area contributed by atoms with Gasteiger partial charge >= 0.3 is 6.29 Å². The van der Waals surface area contributed by atoms with Crippen LogP contribution in [0.3, 0.4) is 0 Å². The second-order valence-corrected chi connectivity index (χ2v) is 4.13. The van der Waals surface area contributed by atoms with E-state index in [9.17, 15) is 10.1 Å². The molecular formula is C3H3Cl3N4O2. The van der Waals surface area contributed by atoms with E-state index < -0.39 is 15.1 Å². The molecule has 1 rings (SSSR count). The van der Waals surface area contributed by atoms with Crippen molar-refractivity contribution in [3.8, 4) is 0 Å². The molecule has 0 radical (unpaired) electrons. The summed E-state index contributed by atoms with van der Waals surface area (Å²) < 4.78 is -1.87.